The third-order valence-corrected chi connectivity index (χ3v) is 14.7. The summed E-state index contributed by atoms with van der Waals surface area (Å²) >= 11 is 0. The highest BCUT2D eigenvalue weighted by atomic mass is 31.2. The van der Waals surface area contributed by atoms with E-state index in [1.807, 2.05) is 33.3 Å². The molecule has 0 radical (unpaired) electrons. The van der Waals surface area contributed by atoms with Crippen LogP contribution in [0.5, 0.6) is 0 Å². The maximum Gasteiger partial charge on any atom is 0.306 e. The number of unbranched alkanes of at least 4 members (excludes halogenated alkanes) is 32. The van der Waals surface area contributed by atoms with E-state index in [1.54, 1.807) is 0 Å². The summed E-state index contributed by atoms with van der Waals surface area (Å²) in [6.45, 7) is 6.81. The zero-order valence-corrected chi connectivity index (χ0v) is 50.2. The van der Waals surface area contributed by atoms with Crippen LogP contribution in [0.25, 0.3) is 0 Å². The smallest absolute Gasteiger partial charge is 0.306 e. The number of ether oxygens (including phenoxy) is 1. The number of esters is 1. The van der Waals surface area contributed by atoms with Gasteiger partial charge in [0.25, 0.3) is 7.82 Å². The first kappa shape index (κ1) is 71.7. The molecule has 0 rings (SSSR count). The van der Waals surface area contributed by atoms with Crippen molar-refractivity contribution in [3.8, 4) is 0 Å². The summed E-state index contributed by atoms with van der Waals surface area (Å²) in [4.78, 5) is 40.0. The molecule has 0 spiro atoms. The molecule has 0 aliphatic heterocycles. The van der Waals surface area contributed by atoms with Gasteiger partial charge in [0, 0.05) is 12.8 Å². The average Bonchev–Trinajstić information content (AvgIpc) is 3.36. The highest BCUT2D eigenvalue weighted by molar-refractivity contribution is 7.45. The summed E-state index contributed by atoms with van der Waals surface area (Å²) in [5, 5.41) is 3.02. The molecule has 0 bridgehead atoms. The lowest BCUT2D eigenvalue weighted by Crippen LogP contribution is -2.47. The fourth-order valence-electron chi connectivity index (χ4n) is 8.86. The summed E-state index contributed by atoms with van der Waals surface area (Å²) in [5.41, 5.74) is 0. The molecule has 1 N–H and O–H groups in total. The number of phosphoric ester groups is 1. The monoisotopic (exact) mass is 1060 g/mol. The summed E-state index contributed by atoms with van der Waals surface area (Å²) in [6.07, 6.45) is 67.5. The average molecular weight is 1060 g/mol. The molecule has 3 unspecified atom stereocenters. The fourth-order valence-corrected chi connectivity index (χ4v) is 9.58. The number of rotatable bonds is 56. The summed E-state index contributed by atoms with van der Waals surface area (Å²) in [6, 6.07) is -0.900. The molecule has 0 saturated heterocycles. The molecule has 0 fully saturated rings. The quantitative estimate of drug-likeness (QED) is 0.0212. The minimum atomic E-state index is -4.70. The van der Waals surface area contributed by atoms with E-state index in [9.17, 15) is 19.0 Å². The summed E-state index contributed by atoms with van der Waals surface area (Å²) in [5.74, 6) is -0.569. The number of hydrogen-bond donors (Lipinski definition) is 1. The van der Waals surface area contributed by atoms with Gasteiger partial charge in [0.1, 0.15) is 19.3 Å². The Bertz CT molecular complexity index is 1450. The lowest BCUT2D eigenvalue weighted by Gasteiger charge is -2.30. The van der Waals surface area contributed by atoms with Gasteiger partial charge < -0.3 is 28.5 Å². The van der Waals surface area contributed by atoms with Gasteiger partial charge in [-0.15, -0.1) is 0 Å². The first-order chi connectivity index (χ1) is 35.9. The highest BCUT2D eigenvalue weighted by Gasteiger charge is 2.27. The van der Waals surface area contributed by atoms with E-state index in [1.165, 1.54) is 167 Å². The van der Waals surface area contributed by atoms with Crippen molar-refractivity contribution in [1.82, 2.24) is 5.32 Å². The van der Waals surface area contributed by atoms with E-state index in [2.05, 4.69) is 74.7 Å². The molecule has 0 heterocycles. The number of amides is 1. The minimum Gasteiger partial charge on any atom is -0.756 e. The number of allylic oxidation sites excluding steroid dienone is 9. The SMILES string of the molecule is CCCCC/C=C\C/C=C\C/C=C\C/C=C\CCCCCC(=O)OC(/C=C/CCCCCCCCCCCC)C(COP(=O)([O-])OCC[N+](C)(C)C)NC(=O)CCCCCCCCCCCCCCCCCCC. The number of phosphoric acid groups is 1. The summed E-state index contributed by atoms with van der Waals surface area (Å²) in [7, 11) is 1.17. The number of likely N-dealkylation sites (N-methyl/N-ethyl adjacent to an activating group) is 1. The van der Waals surface area contributed by atoms with E-state index < -0.39 is 26.6 Å². The largest absolute Gasteiger partial charge is 0.756 e. The standard InChI is InChI=1S/C64H119N2O7P/c1-7-10-13-16-19-22-25-28-30-32-33-35-37-39-42-45-48-51-54-57-64(68)73-62(55-52-49-46-43-40-27-24-21-18-15-12-9-3)61(60-72-74(69,70)71-59-58-66(4,5)6)65-63(67)56-53-50-47-44-41-38-36-34-31-29-26-23-20-17-14-11-8-2/h19,22,28,30,33,35,39,42,52,55,61-62H,7-18,20-21,23-27,29,31-32,34,36-38,40-41,43-51,53-54,56-60H2,1-6H3,(H-,65,67,69,70)/b22-19-,30-28-,35-33-,42-39-,55-52+. The molecule has 74 heavy (non-hydrogen) atoms. The number of hydrogen-bond acceptors (Lipinski definition) is 7. The lowest BCUT2D eigenvalue weighted by molar-refractivity contribution is -0.870. The van der Waals surface area contributed by atoms with Crippen molar-refractivity contribution in [2.75, 3.05) is 40.9 Å². The number of carbonyl (C=O) groups is 2. The van der Waals surface area contributed by atoms with E-state index >= 15 is 0 Å². The molecular formula is C64H119N2O7P. The van der Waals surface area contributed by atoms with Crippen molar-refractivity contribution >= 4 is 19.7 Å². The van der Waals surface area contributed by atoms with Gasteiger partial charge in [-0.3, -0.25) is 14.2 Å². The predicted octanol–water partition coefficient (Wildman–Crippen LogP) is 18.4. The molecule has 0 aliphatic rings. The van der Waals surface area contributed by atoms with E-state index in [4.69, 9.17) is 13.8 Å². The first-order valence-corrected chi connectivity index (χ1v) is 32.6. The topological polar surface area (TPSA) is 114 Å². The second-order valence-corrected chi connectivity index (χ2v) is 23.6. The Morgan fingerprint density at radius 3 is 1.27 bits per heavy atom. The molecule has 9 nitrogen and oxygen atoms in total. The van der Waals surface area contributed by atoms with Crippen LogP contribution in [-0.4, -0.2) is 69.4 Å². The van der Waals surface area contributed by atoms with Gasteiger partial charge in [-0.25, -0.2) is 0 Å². The minimum absolute atomic E-state index is 0.0276. The Labute approximate surface area is 458 Å². The van der Waals surface area contributed by atoms with Crippen LogP contribution in [-0.2, 0) is 27.9 Å². The Kier molecular flexibility index (Phi) is 52.4. The Morgan fingerprint density at radius 1 is 0.473 bits per heavy atom. The van der Waals surface area contributed by atoms with Crippen LogP contribution in [0.2, 0.25) is 0 Å². The predicted molar refractivity (Wildman–Crippen MR) is 316 cm³/mol. The molecule has 0 aromatic carbocycles. The van der Waals surface area contributed by atoms with Crippen LogP contribution in [0.3, 0.4) is 0 Å². The van der Waals surface area contributed by atoms with Crippen molar-refractivity contribution in [1.29, 1.82) is 0 Å². The van der Waals surface area contributed by atoms with E-state index in [0.717, 1.165) is 77.0 Å². The maximum atomic E-state index is 13.5. The van der Waals surface area contributed by atoms with Crippen LogP contribution < -0.4 is 10.2 Å². The van der Waals surface area contributed by atoms with Gasteiger partial charge >= 0.3 is 5.97 Å². The Hall–Kier alpha value is -2.29. The van der Waals surface area contributed by atoms with Gasteiger partial charge in [-0.05, 0) is 76.7 Å². The van der Waals surface area contributed by atoms with Crippen LogP contribution in [0, 0.1) is 0 Å². The second kappa shape index (κ2) is 54.1. The Balaban J connectivity index is 5.31. The second-order valence-electron chi connectivity index (χ2n) is 22.2. The summed E-state index contributed by atoms with van der Waals surface area (Å²) < 4.78 is 30.3. The van der Waals surface area contributed by atoms with Gasteiger partial charge in [0.15, 0.2) is 0 Å². The molecule has 1 amide bonds. The van der Waals surface area contributed by atoms with Gasteiger partial charge in [0.2, 0.25) is 5.91 Å². The number of carbonyl (C=O) groups excluding carboxylic acids is 2. The molecule has 10 heteroatoms. The third kappa shape index (κ3) is 54.5. The molecule has 0 saturated carbocycles. The first-order valence-electron chi connectivity index (χ1n) is 31.1. The van der Waals surface area contributed by atoms with Crippen molar-refractivity contribution in [2.24, 2.45) is 0 Å². The number of quaternary nitrogens is 1. The van der Waals surface area contributed by atoms with Crippen LogP contribution in [0.4, 0.5) is 0 Å². The Morgan fingerprint density at radius 2 is 0.824 bits per heavy atom. The maximum absolute atomic E-state index is 13.5. The zero-order valence-electron chi connectivity index (χ0n) is 49.3. The molecule has 0 aliphatic carbocycles. The van der Waals surface area contributed by atoms with Crippen LogP contribution in [0.15, 0.2) is 60.8 Å². The normalized spacial score (nSPS) is 14.1. The number of nitrogens with zero attached hydrogens (tertiary/aromatic N) is 1. The van der Waals surface area contributed by atoms with Crippen LogP contribution >= 0.6 is 7.82 Å². The fraction of sp³-hybridized carbons (Fsp3) is 0.812. The number of nitrogens with one attached hydrogen (secondary N) is 1. The molecule has 0 aromatic heterocycles. The molecular weight excluding hydrogens is 940 g/mol. The van der Waals surface area contributed by atoms with Crippen molar-refractivity contribution < 1.29 is 37.3 Å². The van der Waals surface area contributed by atoms with Gasteiger partial charge in [0.05, 0.1) is 33.8 Å². The molecule has 3 atom stereocenters. The van der Waals surface area contributed by atoms with Crippen molar-refractivity contribution in [2.45, 2.75) is 296 Å². The van der Waals surface area contributed by atoms with Crippen molar-refractivity contribution in [3.63, 3.8) is 0 Å². The lowest BCUT2D eigenvalue weighted by atomic mass is 10.0. The van der Waals surface area contributed by atoms with E-state index in [-0.39, 0.29) is 24.9 Å². The third-order valence-electron chi connectivity index (χ3n) is 13.7. The van der Waals surface area contributed by atoms with E-state index in [0.29, 0.717) is 23.9 Å². The zero-order chi connectivity index (χ0) is 54.3. The van der Waals surface area contributed by atoms with Crippen LogP contribution in [0.1, 0.15) is 284 Å². The van der Waals surface area contributed by atoms with Gasteiger partial charge in [-0.2, -0.15) is 0 Å². The molecule has 432 valence electrons. The molecule has 0 aromatic rings. The van der Waals surface area contributed by atoms with Gasteiger partial charge in [-0.1, -0.05) is 255 Å². The highest BCUT2D eigenvalue weighted by Crippen LogP contribution is 2.38. The van der Waals surface area contributed by atoms with Crippen molar-refractivity contribution in [3.05, 3.63) is 60.8 Å².